The lowest BCUT2D eigenvalue weighted by atomic mass is 9.92. The molecule has 0 radical (unpaired) electrons. The number of alkyl halides is 3. The fourth-order valence-electron chi connectivity index (χ4n) is 1.82. The van der Waals surface area contributed by atoms with Crippen LogP contribution in [0.25, 0.3) is 0 Å². The van der Waals surface area contributed by atoms with Crippen molar-refractivity contribution in [3.05, 3.63) is 29.8 Å². The lowest BCUT2D eigenvalue weighted by Crippen LogP contribution is -2.41. The molecule has 0 bridgehead atoms. The van der Waals surface area contributed by atoms with Gasteiger partial charge >= 0.3 is 6.18 Å². The van der Waals surface area contributed by atoms with E-state index in [2.05, 4.69) is 0 Å². The van der Waals surface area contributed by atoms with Gasteiger partial charge in [-0.1, -0.05) is 18.2 Å². The molecule has 88 valence electrons. The van der Waals surface area contributed by atoms with Crippen molar-refractivity contribution < 1.29 is 23.0 Å². The minimum atomic E-state index is -4.58. The molecule has 0 saturated carbocycles. The van der Waals surface area contributed by atoms with E-state index in [0.29, 0.717) is 11.3 Å². The molecule has 0 aromatic heterocycles. The summed E-state index contributed by atoms with van der Waals surface area (Å²) in [5.41, 5.74) is 0.710. The number of hydrogen-bond acceptors (Lipinski definition) is 2. The summed E-state index contributed by atoms with van der Waals surface area (Å²) < 4.78 is 42.1. The van der Waals surface area contributed by atoms with Gasteiger partial charge in [0, 0.05) is 5.92 Å². The first kappa shape index (κ1) is 11.3. The first-order chi connectivity index (χ1) is 7.48. The summed E-state index contributed by atoms with van der Waals surface area (Å²) in [6, 6.07) is 6.93. The van der Waals surface area contributed by atoms with Gasteiger partial charge < -0.3 is 9.84 Å². The maximum Gasteiger partial charge on any atom is 0.414 e. The third kappa shape index (κ3) is 2.14. The van der Waals surface area contributed by atoms with Crippen LogP contribution in [-0.2, 0) is 6.42 Å². The summed E-state index contributed by atoms with van der Waals surface area (Å²) in [6.07, 6.45) is -6.71. The van der Waals surface area contributed by atoms with E-state index in [1.165, 1.54) is 0 Å². The van der Waals surface area contributed by atoms with Crippen LogP contribution >= 0.6 is 0 Å². The van der Waals surface area contributed by atoms with Crippen molar-refractivity contribution >= 4 is 0 Å². The molecule has 1 aliphatic heterocycles. The van der Waals surface area contributed by atoms with Crippen LogP contribution in [-0.4, -0.2) is 24.0 Å². The molecule has 0 fully saturated rings. The second-order valence-corrected chi connectivity index (χ2v) is 3.87. The molecule has 1 aliphatic rings. The van der Waals surface area contributed by atoms with E-state index in [0.717, 1.165) is 0 Å². The highest BCUT2D eigenvalue weighted by Crippen LogP contribution is 2.33. The molecule has 1 N–H and O–H groups in total. The lowest BCUT2D eigenvalue weighted by Gasteiger charge is -2.29. The lowest BCUT2D eigenvalue weighted by molar-refractivity contribution is -0.222. The van der Waals surface area contributed by atoms with Crippen LogP contribution in [0.5, 0.6) is 5.75 Å². The maximum atomic E-state index is 12.3. The van der Waals surface area contributed by atoms with E-state index in [1.807, 2.05) is 0 Å². The Morgan fingerprint density at radius 1 is 1.31 bits per heavy atom. The highest BCUT2D eigenvalue weighted by molar-refractivity contribution is 5.35. The van der Waals surface area contributed by atoms with Crippen LogP contribution in [0.3, 0.4) is 0 Å². The summed E-state index contributed by atoms with van der Waals surface area (Å²) in [5, 5.41) is 9.13. The predicted molar refractivity (Wildman–Crippen MR) is 51.2 cm³/mol. The first-order valence-corrected chi connectivity index (χ1v) is 4.94. The highest BCUT2D eigenvalue weighted by atomic mass is 19.4. The number of hydrogen-bond donors (Lipinski definition) is 1. The summed E-state index contributed by atoms with van der Waals surface area (Å²) in [6.45, 7) is -0.0995. The topological polar surface area (TPSA) is 29.5 Å². The van der Waals surface area contributed by atoms with Gasteiger partial charge in [0.05, 0.1) is 6.61 Å². The van der Waals surface area contributed by atoms with Gasteiger partial charge in [0.25, 0.3) is 0 Å². The Morgan fingerprint density at radius 3 is 2.69 bits per heavy atom. The number of aliphatic hydroxyl groups is 1. The molecule has 1 aromatic rings. The molecule has 1 aromatic carbocycles. The molecule has 5 heteroatoms. The van der Waals surface area contributed by atoms with Gasteiger partial charge in [-0.15, -0.1) is 0 Å². The molecule has 0 amide bonds. The number of aliphatic hydroxyl groups excluding tert-OH is 1. The Labute approximate surface area is 90.7 Å². The molecular formula is C11H11F3O2. The molecule has 2 atom stereocenters. The fourth-order valence-corrected chi connectivity index (χ4v) is 1.82. The molecule has 2 nitrogen and oxygen atoms in total. The average molecular weight is 232 g/mol. The summed E-state index contributed by atoms with van der Waals surface area (Å²) in [4.78, 5) is 0. The Kier molecular flexibility index (Phi) is 2.80. The second kappa shape index (κ2) is 3.97. The number of fused-ring (bicyclic) bond motifs is 1. The van der Waals surface area contributed by atoms with Crippen LogP contribution in [0.15, 0.2) is 24.3 Å². The molecule has 16 heavy (non-hydrogen) atoms. The van der Waals surface area contributed by atoms with Gasteiger partial charge in [-0.3, -0.25) is 0 Å². The van der Waals surface area contributed by atoms with Gasteiger partial charge in [0.1, 0.15) is 5.75 Å². The van der Waals surface area contributed by atoms with Crippen LogP contribution in [0, 0.1) is 5.92 Å². The van der Waals surface area contributed by atoms with Gasteiger partial charge in [-0.25, -0.2) is 0 Å². The summed E-state index contributed by atoms with van der Waals surface area (Å²) in [7, 11) is 0. The monoisotopic (exact) mass is 232 g/mol. The minimum Gasteiger partial charge on any atom is -0.493 e. The van der Waals surface area contributed by atoms with Crippen molar-refractivity contribution in [3.63, 3.8) is 0 Å². The molecule has 0 aliphatic carbocycles. The van der Waals surface area contributed by atoms with Crippen molar-refractivity contribution in [3.8, 4) is 5.75 Å². The Morgan fingerprint density at radius 2 is 2.00 bits per heavy atom. The average Bonchev–Trinajstić information content (AvgIpc) is 2.26. The standard InChI is InChI=1S/C11H11F3O2/c12-11(13,14)10(15)8-5-7-3-1-2-4-9(7)16-6-8/h1-4,8,10,15H,5-6H2/t8?,10-/m1/s1. The van der Waals surface area contributed by atoms with Crippen LogP contribution in [0.1, 0.15) is 5.56 Å². The zero-order valence-electron chi connectivity index (χ0n) is 8.37. The molecule has 2 rings (SSSR count). The first-order valence-electron chi connectivity index (χ1n) is 4.94. The van der Waals surface area contributed by atoms with E-state index in [4.69, 9.17) is 9.84 Å². The van der Waals surface area contributed by atoms with Crippen LogP contribution < -0.4 is 4.74 Å². The normalized spacial score (nSPS) is 22.1. The van der Waals surface area contributed by atoms with Crippen molar-refractivity contribution in [1.29, 1.82) is 0 Å². The summed E-state index contributed by atoms with van der Waals surface area (Å²) >= 11 is 0. The van der Waals surface area contributed by atoms with Gasteiger partial charge in [0.15, 0.2) is 6.10 Å². The SMILES string of the molecule is O[C@H](C1COc2ccccc2C1)C(F)(F)F. The molecular weight excluding hydrogens is 221 g/mol. The molecule has 1 unspecified atom stereocenters. The molecule has 0 spiro atoms. The zero-order valence-corrected chi connectivity index (χ0v) is 8.37. The summed E-state index contributed by atoms with van der Waals surface area (Å²) in [5.74, 6) is -0.317. The van der Waals surface area contributed by atoms with Crippen LogP contribution in [0.2, 0.25) is 0 Å². The number of benzene rings is 1. The zero-order chi connectivity index (χ0) is 11.8. The third-order valence-corrected chi connectivity index (χ3v) is 2.69. The van der Waals surface area contributed by atoms with Gasteiger partial charge in [-0.2, -0.15) is 13.2 Å². The second-order valence-electron chi connectivity index (χ2n) is 3.87. The number of halogens is 3. The van der Waals surface area contributed by atoms with Crippen LogP contribution in [0.4, 0.5) is 13.2 Å². The van der Waals surface area contributed by atoms with E-state index in [-0.39, 0.29) is 13.0 Å². The number of ether oxygens (including phenoxy) is 1. The van der Waals surface area contributed by atoms with Gasteiger partial charge in [-0.05, 0) is 18.1 Å². The predicted octanol–water partition coefficient (Wildman–Crippen LogP) is 2.16. The number of rotatable bonds is 1. The van der Waals surface area contributed by atoms with E-state index in [9.17, 15) is 13.2 Å². The van der Waals surface area contributed by atoms with E-state index in [1.54, 1.807) is 24.3 Å². The number of para-hydroxylation sites is 1. The minimum absolute atomic E-state index is 0.0995. The fraction of sp³-hybridized carbons (Fsp3) is 0.455. The van der Waals surface area contributed by atoms with Crippen molar-refractivity contribution in [2.45, 2.75) is 18.7 Å². The largest absolute Gasteiger partial charge is 0.493 e. The molecule has 1 heterocycles. The van der Waals surface area contributed by atoms with E-state index >= 15 is 0 Å². The smallest absolute Gasteiger partial charge is 0.414 e. The van der Waals surface area contributed by atoms with E-state index < -0.39 is 18.2 Å². The van der Waals surface area contributed by atoms with Crippen molar-refractivity contribution in [1.82, 2.24) is 0 Å². The Balaban J connectivity index is 2.14. The van der Waals surface area contributed by atoms with Crippen molar-refractivity contribution in [2.75, 3.05) is 6.61 Å². The maximum absolute atomic E-state index is 12.3. The molecule has 0 saturated heterocycles. The quantitative estimate of drug-likeness (QED) is 0.804. The Bertz CT molecular complexity index is 376. The highest BCUT2D eigenvalue weighted by Gasteiger charge is 2.44. The third-order valence-electron chi connectivity index (χ3n) is 2.69. The Hall–Kier alpha value is -1.23. The van der Waals surface area contributed by atoms with Crippen molar-refractivity contribution in [2.24, 2.45) is 5.92 Å². The van der Waals surface area contributed by atoms with Gasteiger partial charge in [0.2, 0.25) is 0 Å².